The molecule has 0 radical (unpaired) electrons. The minimum atomic E-state index is -1.19. The Morgan fingerprint density at radius 3 is 0.663 bits per heavy atom. The van der Waals surface area contributed by atoms with E-state index in [2.05, 4.69) is 0 Å². The van der Waals surface area contributed by atoms with E-state index in [1.807, 2.05) is 0 Å². The molecule has 0 saturated heterocycles. The number of rotatable bonds is 21. The summed E-state index contributed by atoms with van der Waals surface area (Å²) >= 11 is 0. The predicted octanol–water partition coefficient (Wildman–Crippen LogP) is 7.88. The van der Waals surface area contributed by atoms with E-state index in [1.165, 1.54) is 0 Å². The van der Waals surface area contributed by atoms with Crippen molar-refractivity contribution in [1.29, 1.82) is 0 Å². The van der Waals surface area contributed by atoms with Gasteiger partial charge in [-0.15, -0.1) is 0 Å². The van der Waals surface area contributed by atoms with Crippen LogP contribution in [0.15, 0.2) is 54.6 Å². The van der Waals surface area contributed by atoms with Crippen LogP contribution in [0, 0.1) is 0 Å². The highest BCUT2D eigenvalue weighted by molar-refractivity contribution is 5.84. The molecule has 5 aromatic carbocycles. The van der Waals surface area contributed by atoms with Crippen molar-refractivity contribution in [3.63, 3.8) is 0 Å². The van der Waals surface area contributed by atoms with Crippen molar-refractivity contribution in [3.8, 4) is 121 Å². The van der Waals surface area contributed by atoms with Gasteiger partial charge in [-0.05, 0) is 0 Å². The SMILES string of the molecule is CC(=O)Oc1cc(OC(C)=O)c(Oc2cc(OC(C)=O)c(OC(C)=O)c(Oc3cc(OC(C)=O)c(OC(C)=O)c(OC(C)=O)c3Oc3cc(OC(C)=O)c(Oc4cc(OC(C)=O)c(OC(C)=O)c(OC(C)=O)c4)c(OC(C)=O)c3)c2)c(OC(C)=O)c1. The van der Waals surface area contributed by atoms with Gasteiger partial charge in [0.25, 0.3) is 0 Å². The first kappa shape index (κ1) is 65.2. The Labute approximate surface area is 484 Å². The Bertz CT molecular complexity index is 3550. The third-order valence-electron chi connectivity index (χ3n) is 9.25. The fraction of sp³-hybridized carbons (Fsp3) is 0.232. The summed E-state index contributed by atoms with van der Waals surface area (Å²) < 4.78 is 94.5. The first-order chi connectivity index (χ1) is 40.2. The molecule has 0 atom stereocenters. The maximum Gasteiger partial charge on any atom is 0.308 e. The molecule has 86 heavy (non-hydrogen) atoms. The average Bonchev–Trinajstić information content (AvgIpc) is 1.16. The second kappa shape index (κ2) is 28.4. The summed E-state index contributed by atoms with van der Waals surface area (Å²) in [5, 5.41) is 0. The molecule has 0 saturated carbocycles. The lowest BCUT2D eigenvalue weighted by Gasteiger charge is -2.22. The molecule has 0 bridgehead atoms. The summed E-state index contributed by atoms with van der Waals surface area (Å²) in [6.07, 6.45) is 0. The number of ether oxygens (including phenoxy) is 17. The number of esters is 13. The van der Waals surface area contributed by atoms with Crippen molar-refractivity contribution in [3.05, 3.63) is 54.6 Å². The molecule has 0 aromatic heterocycles. The summed E-state index contributed by atoms with van der Waals surface area (Å²) in [4.78, 5) is 163. The number of hydrogen-bond donors (Lipinski definition) is 0. The Kier molecular flexibility index (Phi) is 21.5. The van der Waals surface area contributed by atoms with Crippen LogP contribution in [0.4, 0.5) is 0 Å². The van der Waals surface area contributed by atoms with Crippen LogP contribution in [0.2, 0.25) is 0 Å². The van der Waals surface area contributed by atoms with Crippen molar-refractivity contribution in [2.75, 3.05) is 0 Å². The van der Waals surface area contributed by atoms with Gasteiger partial charge in [-0.2, -0.15) is 0 Å². The molecule has 30 heteroatoms. The predicted molar refractivity (Wildman–Crippen MR) is 280 cm³/mol. The first-order valence-electron chi connectivity index (χ1n) is 24.3. The van der Waals surface area contributed by atoms with Crippen molar-refractivity contribution in [2.24, 2.45) is 0 Å². The number of carbonyl (C=O) groups excluding carboxylic acids is 13. The monoisotopic (exact) mass is 1200 g/mol. The fourth-order valence-electron chi connectivity index (χ4n) is 6.92. The van der Waals surface area contributed by atoms with E-state index in [-0.39, 0.29) is 5.75 Å². The Morgan fingerprint density at radius 2 is 0.372 bits per heavy atom. The molecule has 0 unspecified atom stereocenters. The molecule has 0 heterocycles. The Balaban J connectivity index is 1.92. The van der Waals surface area contributed by atoms with Gasteiger partial charge in [-0.1, -0.05) is 0 Å². The molecule has 5 aromatic rings. The van der Waals surface area contributed by atoms with Crippen LogP contribution in [0.25, 0.3) is 0 Å². The molecule has 0 N–H and O–H groups in total. The van der Waals surface area contributed by atoms with Crippen LogP contribution in [-0.2, 0) is 62.3 Å². The average molecular weight is 1200 g/mol. The van der Waals surface area contributed by atoms with Crippen LogP contribution in [-0.4, -0.2) is 77.6 Å². The Morgan fingerprint density at radius 1 is 0.174 bits per heavy atom. The normalized spacial score (nSPS) is 10.3. The molecule has 0 aliphatic carbocycles. The van der Waals surface area contributed by atoms with Crippen LogP contribution in [0.3, 0.4) is 0 Å². The molecule has 5 rings (SSSR count). The van der Waals surface area contributed by atoms with E-state index in [0.717, 1.165) is 145 Å². The molecule has 0 aliphatic heterocycles. The second-order valence-corrected chi connectivity index (χ2v) is 17.0. The lowest BCUT2D eigenvalue weighted by molar-refractivity contribution is -0.135. The smallest absolute Gasteiger partial charge is 0.308 e. The van der Waals surface area contributed by atoms with Crippen molar-refractivity contribution in [2.45, 2.75) is 90.0 Å². The van der Waals surface area contributed by atoms with E-state index in [1.54, 1.807) is 0 Å². The maximum absolute atomic E-state index is 13.1. The largest absolute Gasteiger partial charge is 0.449 e. The summed E-state index contributed by atoms with van der Waals surface area (Å²) in [6.45, 7) is 12.3. The molecular weight excluding hydrogens is 1150 g/mol. The highest BCUT2D eigenvalue weighted by atomic mass is 16.6. The van der Waals surface area contributed by atoms with E-state index in [4.69, 9.17) is 80.5 Å². The third-order valence-corrected chi connectivity index (χ3v) is 9.25. The topological polar surface area (TPSA) is 379 Å². The highest BCUT2D eigenvalue weighted by Gasteiger charge is 2.33. The van der Waals surface area contributed by atoms with Crippen LogP contribution < -0.4 is 80.5 Å². The zero-order valence-electron chi connectivity index (χ0n) is 47.4. The van der Waals surface area contributed by atoms with Gasteiger partial charge >= 0.3 is 77.6 Å². The molecule has 452 valence electrons. The van der Waals surface area contributed by atoms with Gasteiger partial charge in [-0.3, -0.25) is 62.3 Å². The third kappa shape index (κ3) is 18.7. The fourth-order valence-corrected chi connectivity index (χ4v) is 6.92. The van der Waals surface area contributed by atoms with Crippen LogP contribution in [0.5, 0.6) is 121 Å². The number of benzene rings is 5. The van der Waals surface area contributed by atoms with Crippen LogP contribution >= 0.6 is 0 Å². The first-order valence-corrected chi connectivity index (χ1v) is 24.3. The quantitative estimate of drug-likeness (QED) is 0.0497. The molecule has 0 aliphatic rings. The van der Waals surface area contributed by atoms with Gasteiger partial charge in [0.15, 0.2) is 57.5 Å². The van der Waals surface area contributed by atoms with Gasteiger partial charge in [0, 0.05) is 145 Å². The zero-order valence-corrected chi connectivity index (χ0v) is 47.4. The zero-order chi connectivity index (χ0) is 64.0. The van der Waals surface area contributed by atoms with Gasteiger partial charge < -0.3 is 80.5 Å². The molecule has 0 amide bonds. The van der Waals surface area contributed by atoms with Crippen LogP contribution in [0.1, 0.15) is 90.0 Å². The molecule has 30 nitrogen and oxygen atoms in total. The second-order valence-electron chi connectivity index (χ2n) is 17.0. The van der Waals surface area contributed by atoms with Gasteiger partial charge in [-0.25, -0.2) is 0 Å². The number of hydrogen-bond acceptors (Lipinski definition) is 30. The van der Waals surface area contributed by atoms with Crippen molar-refractivity contribution >= 4 is 77.6 Å². The molecule has 0 spiro atoms. The van der Waals surface area contributed by atoms with Crippen molar-refractivity contribution in [1.82, 2.24) is 0 Å². The summed E-state index contributed by atoms with van der Waals surface area (Å²) in [5.41, 5.74) is 0. The van der Waals surface area contributed by atoms with Gasteiger partial charge in [0.05, 0.1) is 0 Å². The summed E-state index contributed by atoms with van der Waals surface area (Å²) in [6, 6.07) is 8.30. The lowest BCUT2D eigenvalue weighted by Crippen LogP contribution is -2.12. The van der Waals surface area contributed by atoms with Crippen molar-refractivity contribution < 1.29 is 143 Å². The summed E-state index contributed by atoms with van der Waals surface area (Å²) in [5.74, 6) is -27.3. The minimum absolute atomic E-state index is 0.317. The summed E-state index contributed by atoms with van der Waals surface area (Å²) in [7, 11) is 0. The minimum Gasteiger partial charge on any atom is -0.449 e. The van der Waals surface area contributed by atoms with Gasteiger partial charge in [0.2, 0.25) is 40.2 Å². The van der Waals surface area contributed by atoms with E-state index in [0.29, 0.717) is 0 Å². The molecule has 0 fully saturated rings. The standard InChI is InChI=1S/C56H48O30/c1-23(57)70-36-14-43(74-27(5)61)52(44(15-36)75-28(6)62)84-38-18-42(73-26(4)60)51(80-33(11)67)47(21-38)86-49-22-48(78-31(9)65)54(81-34(12)68)56(82-35(13)69)55(49)85-39-19-45(76-29(7)63)53(46(20-39)77-30(8)64)83-37-16-40(71-24(2)58)50(79-32(10)66)41(17-37)72-25(3)59/h14-22H,1-13H3. The number of carbonyl (C=O) groups is 13. The Hall–Kier alpha value is -11.6. The highest BCUT2D eigenvalue weighted by Crippen LogP contribution is 2.57. The van der Waals surface area contributed by atoms with E-state index < -0.39 is 193 Å². The van der Waals surface area contributed by atoms with E-state index >= 15 is 0 Å². The maximum atomic E-state index is 13.1. The molecular formula is C56H48O30. The van der Waals surface area contributed by atoms with E-state index in [9.17, 15) is 62.3 Å². The van der Waals surface area contributed by atoms with Gasteiger partial charge in [0.1, 0.15) is 23.0 Å². The lowest BCUT2D eigenvalue weighted by atomic mass is 10.2.